The molecule has 0 bridgehead atoms. The summed E-state index contributed by atoms with van der Waals surface area (Å²) in [6.45, 7) is 16.5. The van der Waals surface area contributed by atoms with Gasteiger partial charge in [-0.25, -0.2) is 20.0 Å². The molecule has 0 aliphatic carbocycles. The first-order chi connectivity index (χ1) is 26.3. The fourth-order valence-electron chi connectivity index (χ4n) is 8.89. The van der Waals surface area contributed by atoms with Gasteiger partial charge in [-0.1, -0.05) is 45.9 Å². The number of carbonyl (C=O) groups is 4. The lowest BCUT2D eigenvalue weighted by molar-refractivity contribution is -0.294. The molecular formula is C42H66N4O10. The number of hydrogen-bond acceptors (Lipinski definition) is 12. The highest BCUT2D eigenvalue weighted by atomic mass is 16.7. The number of esters is 1. The van der Waals surface area contributed by atoms with Crippen LogP contribution in [-0.4, -0.2) is 121 Å². The summed E-state index contributed by atoms with van der Waals surface area (Å²) in [5, 5.41) is 15.6. The van der Waals surface area contributed by atoms with E-state index < -0.39 is 71.7 Å². The van der Waals surface area contributed by atoms with Gasteiger partial charge in [0.15, 0.2) is 11.9 Å². The topological polar surface area (TPSA) is 165 Å². The van der Waals surface area contributed by atoms with Crippen molar-refractivity contribution in [2.45, 2.75) is 148 Å². The summed E-state index contributed by atoms with van der Waals surface area (Å²) in [5.41, 5.74) is 2.88. The molecule has 314 valence electrons. The molecule has 0 unspecified atom stereocenters. The quantitative estimate of drug-likeness (QED) is 0.203. The number of aliphatic hydroxyl groups excluding tert-OH is 1. The van der Waals surface area contributed by atoms with Gasteiger partial charge < -0.3 is 39.0 Å². The molecule has 0 spiro atoms. The van der Waals surface area contributed by atoms with E-state index in [2.05, 4.69) is 10.7 Å². The number of aryl methyl sites for hydroxylation is 1. The summed E-state index contributed by atoms with van der Waals surface area (Å²) < 4.78 is 31.4. The highest BCUT2D eigenvalue weighted by molar-refractivity contribution is 5.89. The Labute approximate surface area is 332 Å². The van der Waals surface area contributed by atoms with Crippen molar-refractivity contribution >= 4 is 29.4 Å². The van der Waals surface area contributed by atoms with Gasteiger partial charge in [-0.2, -0.15) is 0 Å². The second-order valence-electron chi connectivity index (χ2n) is 16.7. The van der Waals surface area contributed by atoms with Crippen molar-refractivity contribution in [3.63, 3.8) is 0 Å². The molecule has 0 aromatic heterocycles. The van der Waals surface area contributed by atoms with E-state index in [1.54, 1.807) is 34.0 Å². The van der Waals surface area contributed by atoms with Crippen LogP contribution in [0.5, 0.6) is 0 Å². The predicted octanol–water partition coefficient (Wildman–Crippen LogP) is 5.03. The number of rotatable bonds is 11. The van der Waals surface area contributed by atoms with Crippen molar-refractivity contribution in [1.29, 1.82) is 0 Å². The van der Waals surface area contributed by atoms with Crippen molar-refractivity contribution in [2.75, 3.05) is 33.1 Å². The second-order valence-corrected chi connectivity index (χ2v) is 16.7. The number of benzene rings is 1. The fourth-order valence-corrected chi connectivity index (χ4v) is 8.89. The number of aliphatic hydroxyl groups is 1. The molecule has 1 aromatic carbocycles. The normalized spacial score (nSPS) is 36.9. The Morgan fingerprint density at radius 3 is 2.34 bits per heavy atom. The lowest BCUT2D eigenvalue weighted by Crippen LogP contribution is -2.60. The molecule has 14 nitrogen and oxygen atoms in total. The van der Waals surface area contributed by atoms with Crippen LogP contribution < -0.4 is 10.7 Å². The molecule has 3 N–H and O–H groups in total. The third-order valence-corrected chi connectivity index (χ3v) is 11.9. The second kappa shape index (κ2) is 18.9. The first-order valence-electron chi connectivity index (χ1n) is 20.0. The number of ether oxygens (including phenoxy) is 5. The number of nitrogens with zero attached hydrogens (tertiary/aromatic N) is 2. The number of hydrogen-bond donors (Lipinski definition) is 3. The lowest BCUT2D eigenvalue weighted by atomic mass is 9.74. The first-order valence-corrected chi connectivity index (χ1v) is 20.0. The monoisotopic (exact) mass is 786 g/mol. The molecule has 3 aliphatic heterocycles. The number of carbonyl (C=O) groups excluding carboxylic acids is 4. The average Bonchev–Trinajstić information content (AvgIpc) is 3.40. The zero-order valence-electron chi connectivity index (χ0n) is 35.4. The zero-order valence-corrected chi connectivity index (χ0v) is 35.4. The standard InChI is InChI=1S/C42H66N4O10/c1-13-33-42(9)36(46(40(51)56-42)43-20-14-15-30-16-18-31(19-17-30)44-29(7)47)28(6)34(48)26(4)23-41(8,52-12)37(24(2)21-25(3)38(50)54-33)55-39-35(49)32(45(10)11)22-27(5)53-39/h16-19,21,24,26-28,32-33,35-37,39,43,49H,13-15,20,22-23H2,1-12H3,(H,44,47)/b25-21+/t24-,26+,27+,28-,32-,33+,35+,36+,37+,39-,41+,42+/m0/s1. The van der Waals surface area contributed by atoms with Gasteiger partial charge >= 0.3 is 12.1 Å². The van der Waals surface area contributed by atoms with E-state index in [9.17, 15) is 24.3 Å². The number of amides is 2. The first kappa shape index (κ1) is 45.3. The van der Waals surface area contributed by atoms with Crippen LogP contribution >= 0.6 is 0 Å². The highest BCUT2D eigenvalue weighted by Gasteiger charge is 2.60. The highest BCUT2D eigenvalue weighted by Crippen LogP contribution is 2.42. The van der Waals surface area contributed by atoms with Crippen molar-refractivity contribution in [2.24, 2.45) is 17.8 Å². The lowest BCUT2D eigenvalue weighted by Gasteiger charge is -2.46. The minimum Gasteiger partial charge on any atom is -0.455 e. The van der Waals surface area contributed by atoms with Crippen LogP contribution in [0.3, 0.4) is 0 Å². The van der Waals surface area contributed by atoms with Crippen molar-refractivity contribution in [3.05, 3.63) is 41.5 Å². The summed E-state index contributed by atoms with van der Waals surface area (Å²) in [5.74, 6) is -2.64. The molecular weight excluding hydrogens is 720 g/mol. The van der Waals surface area contributed by atoms with Crippen LogP contribution in [-0.2, 0) is 44.5 Å². The third-order valence-electron chi connectivity index (χ3n) is 11.9. The molecule has 12 atom stereocenters. The number of fused-ring (bicyclic) bond motifs is 1. The van der Waals surface area contributed by atoms with Crippen molar-refractivity contribution in [3.8, 4) is 0 Å². The molecule has 0 radical (unpaired) electrons. The van der Waals surface area contributed by atoms with Gasteiger partial charge in [0.05, 0.1) is 17.8 Å². The van der Waals surface area contributed by atoms with E-state index in [0.717, 1.165) is 5.56 Å². The molecule has 2 saturated heterocycles. The molecule has 2 fully saturated rings. The molecule has 1 aromatic rings. The van der Waals surface area contributed by atoms with Crippen molar-refractivity contribution in [1.82, 2.24) is 15.3 Å². The van der Waals surface area contributed by atoms with E-state index >= 15 is 0 Å². The Kier molecular flexibility index (Phi) is 15.3. The number of cyclic esters (lactones) is 1. The van der Waals surface area contributed by atoms with E-state index in [4.69, 9.17) is 23.7 Å². The van der Waals surface area contributed by atoms with Crippen LogP contribution in [0, 0.1) is 17.8 Å². The Morgan fingerprint density at radius 2 is 1.75 bits per heavy atom. The van der Waals surface area contributed by atoms with E-state index in [1.165, 1.54) is 11.9 Å². The molecule has 14 heteroatoms. The number of Topliss-reactive ketones (excluding diaryl/α,β-unsaturated/α-hetero) is 1. The largest absolute Gasteiger partial charge is 0.455 e. The van der Waals surface area contributed by atoms with Gasteiger partial charge in [0.2, 0.25) is 5.91 Å². The van der Waals surface area contributed by atoms with Gasteiger partial charge in [-0.3, -0.25) is 9.59 Å². The summed E-state index contributed by atoms with van der Waals surface area (Å²) in [6, 6.07) is 6.53. The predicted molar refractivity (Wildman–Crippen MR) is 211 cm³/mol. The summed E-state index contributed by atoms with van der Waals surface area (Å²) >= 11 is 0. The maximum absolute atomic E-state index is 14.6. The average molecular weight is 787 g/mol. The van der Waals surface area contributed by atoms with E-state index in [0.29, 0.717) is 43.5 Å². The zero-order chi connectivity index (χ0) is 41.7. The number of methoxy groups -OCH3 is 1. The third kappa shape index (κ3) is 10.2. The Morgan fingerprint density at radius 1 is 1.09 bits per heavy atom. The molecule has 56 heavy (non-hydrogen) atoms. The summed E-state index contributed by atoms with van der Waals surface area (Å²) in [4.78, 5) is 55.6. The van der Waals surface area contributed by atoms with E-state index in [1.807, 2.05) is 77.9 Å². The van der Waals surface area contributed by atoms with Gasteiger partial charge in [0.25, 0.3) is 0 Å². The minimum atomic E-state index is -1.37. The van der Waals surface area contributed by atoms with E-state index in [-0.39, 0.29) is 30.3 Å². The summed E-state index contributed by atoms with van der Waals surface area (Å²) in [6.07, 6.45) is -0.158. The van der Waals surface area contributed by atoms with Gasteiger partial charge in [-0.15, -0.1) is 0 Å². The molecule has 3 heterocycles. The molecule has 3 aliphatic rings. The molecule has 2 amide bonds. The number of anilines is 1. The number of ketones is 1. The minimum absolute atomic E-state index is 0.125. The maximum atomic E-state index is 14.6. The van der Waals surface area contributed by atoms with Crippen LogP contribution in [0.15, 0.2) is 35.9 Å². The van der Waals surface area contributed by atoms with Crippen LogP contribution in [0.4, 0.5) is 10.5 Å². The maximum Gasteiger partial charge on any atom is 0.425 e. The van der Waals surface area contributed by atoms with Gasteiger partial charge in [-0.05, 0) is 91.6 Å². The van der Waals surface area contributed by atoms with Crippen molar-refractivity contribution < 1.29 is 48.0 Å². The molecule has 0 saturated carbocycles. The summed E-state index contributed by atoms with van der Waals surface area (Å²) in [7, 11) is 5.38. The van der Waals surface area contributed by atoms with Gasteiger partial charge in [0, 0.05) is 55.6 Å². The fraction of sp³-hybridized carbons (Fsp3) is 0.714. The van der Waals surface area contributed by atoms with Crippen LogP contribution in [0.1, 0.15) is 93.6 Å². The Bertz CT molecular complexity index is 1570. The van der Waals surface area contributed by atoms with Crippen LogP contribution in [0.2, 0.25) is 0 Å². The Balaban J connectivity index is 1.65. The van der Waals surface area contributed by atoms with Crippen LogP contribution in [0.25, 0.3) is 0 Å². The number of hydrazine groups is 1. The SMILES string of the molecule is CC[C@H]1OC(=O)/C(C)=C/[C@H](C)[C@@H](O[C@@H]2O[C@H](C)C[C@H](N(C)C)[C@H]2O)[C@](C)(OC)C[C@@H](C)C(=O)[C@H](C)[C@H]2N(NCCCc3ccc(NC(C)=O)cc3)C(=O)O[C@]12C. The smallest absolute Gasteiger partial charge is 0.425 e. The van der Waals surface area contributed by atoms with Gasteiger partial charge in [0.1, 0.15) is 24.0 Å². The Hall–Kier alpha value is -3.40. The molecule has 4 rings (SSSR count). The number of likely N-dealkylation sites (N-methyl/N-ethyl adjacent to an activating group) is 1. The number of nitrogens with one attached hydrogen (secondary N) is 2.